The Bertz CT molecular complexity index is 332. The molecule has 4 nitrogen and oxygen atoms in total. The average molecular weight is 269 g/mol. The van der Waals surface area contributed by atoms with Crippen LogP contribution in [0.3, 0.4) is 0 Å². The molecule has 0 radical (unpaired) electrons. The molecular weight excluding hydrogens is 248 g/mol. The standard InChI is InChI=1S/C10H21ClN2O2S/c1-8(2)12(4)16(14,15)13-6-5-10(11)9(3)7-13/h8-10H,5-7H2,1-4H3. The van der Waals surface area contributed by atoms with Gasteiger partial charge in [-0.2, -0.15) is 17.0 Å². The minimum absolute atomic E-state index is 0.0194. The summed E-state index contributed by atoms with van der Waals surface area (Å²) in [5.41, 5.74) is 0. The summed E-state index contributed by atoms with van der Waals surface area (Å²) in [6.45, 7) is 6.78. The molecular formula is C10H21ClN2O2S. The summed E-state index contributed by atoms with van der Waals surface area (Å²) in [5.74, 6) is 0.214. The molecule has 0 spiro atoms. The van der Waals surface area contributed by atoms with Crippen LogP contribution in [0.2, 0.25) is 0 Å². The Morgan fingerprint density at radius 2 is 2.00 bits per heavy atom. The number of rotatable bonds is 3. The van der Waals surface area contributed by atoms with E-state index in [1.807, 2.05) is 20.8 Å². The van der Waals surface area contributed by atoms with Crippen molar-refractivity contribution in [2.45, 2.75) is 38.6 Å². The summed E-state index contributed by atoms with van der Waals surface area (Å²) in [7, 11) is -1.69. The van der Waals surface area contributed by atoms with E-state index in [0.29, 0.717) is 13.1 Å². The quantitative estimate of drug-likeness (QED) is 0.729. The smallest absolute Gasteiger partial charge is 0.195 e. The lowest BCUT2D eigenvalue weighted by Gasteiger charge is -2.36. The van der Waals surface area contributed by atoms with E-state index in [9.17, 15) is 8.42 Å². The predicted molar refractivity (Wildman–Crippen MR) is 66.8 cm³/mol. The van der Waals surface area contributed by atoms with E-state index in [-0.39, 0.29) is 17.3 Å². The van der Waals surface area contributed by atoms with Crippen LogP contribution in [-0.2, 0) is 10.2 Å². The highest BCUT2D eigenvalue weighted by molar-refractivity contribution is 7.86. The van der Waals surface area contributed by atoms with Crippen molar-refractivity contribution in [3.05, 3.63) is 0 Å². The van der Waals surface area contributed by atoms with E-state index in [4.69, 9.17) is 11.6 Å². The molecule has 0 aromatic carbocycles. The van der Waals surface area contributed by atoms with Gasteiger partial charge in [0.1, 0.15) is 0 Å². The summed E-state index contributed by atoms with van der Waals surface area (Å²) in [5, 5.41) is 0.0933. The van der Waals surface area contributed by atoms with Gasteiger partial charge in [-0.05, 0) is 26.2 Å². The van der Waals surface area contributed by atoms with Gasteiger partial charge in [-0.25, -0.2) is 0 Å². The zero-order valence-corrected chi connectivity index (χ0v) is 11.9. The summed E-state index contributed by atoms with van der Waals surface area (Å²) in [6, 6.07) is -0.0194. The summed E-state index contributed by atoms with van der Waals surface area (Å²) in [6.07, 6.45) is 0.730. The van der Waals surface area contributed by atoms with Crippen LogP contribution in [0, 0.1) is 5.92 Å². The lowest BCUT2D eigenvalue weighted by Crippen LogP contribution is -2.50. The fourth-order valence-electron chi connectivity index (χ4n) is 1.74. The van der Waals surface area contributed by atoms with Crippen molar-refractivity contribution in [2.24, 2.45) is 5.92 Å². The molecule has 1 rings (SSSR count). The van der Waals surface area contributed by atoms with Gasteiger partial charge in [0.2, 0.25) is 0 Å². The van der Waals surface area contributed by atoms with Gasteiger partial charge in [0.15, 0.2) is 0 Å². The topological polar surface area (TPSA) is 40.6 Å². The predicted octanol–water partition coefficient (Wildman–Crippen LogP) is 1.52. The van der Waals surface area contributed by atoms with Crippen LogP contribution >= 0.6 is 11.6 Å². The molecule has 0 aliphatic carbocycles. The molecule has 1 aliphatic rings. The fraction of sp³-hybridized carbons (Fsp3) is 1.00. The third kappa shape index (κ3) is 2.88. The Labute approximate surface area is 104 Å². The van der Waals surface area contributed by atoms with Crippen molar-refractivity contribution in [3.63, 3.8) is 0 Å². The van der Waals surface area contributed by atoms with Crippen LogP contribution < -0.4 is 0 Å². The second kappa shape index (κ2) is 5.21. The Morgan fingerprint density at radius 1 is 1.44 bits per heavy atom. The summed E-state index contributed by atoms with van der Waals surface area (Å²) in [4.78, 5) is 0. The van der Waals surface area contributed by atoms with Crippen molar-refractivity contribution in [2.75, 3.05) is 20.1 Å². The second-order valence-corrected chi connectivity index (χ2v) is 7.31. The van der Waals surface area contributed by atoms with Crippen molar-refractivity contribution in [1.29, 1.82) is 0 Å². The van der Waals surface area contributed by atoms with E-state index in [1.54, 1.807) is 7.05 Å². The van der Waals surface area contributed by atoms with Gasteiger partial charge in [-0.15, -0.1) is 11.6 Å². The normalized spacial score (nSPS) is 28.9. The molecule has 0 saturated carbocycles. The van der Waals surface area contributed by atoms with Crippen LogP contribution in [0.5, 0.6) is 0 Å². The number of alkyl halides is 1. The first-order chi connectivity index (χ1) is 7.26. The first-order valence-corrected chi connectivity index (χ1v) is 7.47. The van der Waals surface area contributed by atoms with Gasteiger partial charge < -0.3 is 0 Å². The van der Waals surface area contributed by atoms with E-state index in [1.165, 1.54) is 8.61 Å². The minimum atomic E-state index is -3.31. The Hall–Kier alpha value is 0.160. The fourth-order valence-corrected chi connectivity index (χ4v) is 3.57. The first-order valence-electron chi connectivity index (χ1n) is 5.64. The van der Waals surface area contributed by atoms with Gasteiger partial charge in [-0.1, -0.05) is 6.92 Å². The molecule has 1 saturated heterocycles. The molecule has 1 aliphatic heterocycles. The molecule has 0 N–H and O–H groups in total. The lowest BCUT2D eigenvalue weighted by molar-refractivity contribution is 0.260. The number of piperidine rings is 1. The van der Waals surface area contributed by atoms with Crippen LogP contribution in [-0.4, -0.2) is 48.6 Å². The van der Waals surface area contributed by atoms with Crippen LogP contribution in [0.15, 0.2) is 0 Å². The van der Waals surface area contributed by atoms with E-state index in [0.717, 1.165) is 6.42 Å². The highest BCUT2D eigenvalue weighted by atomic mass is 35.5. The number of hydrogen-bond donors (Lipinski definition) is 0. The molecule has 0 aromatic rings. The third-order valence-electron chi connectivity index (χ3n) is 3.18. The Morgan fingerprint density at radius 3 is 2.44 bits per heavy atom. The molecule has 6 heteroatoms. The Kier molecular flexibility index (Phi) is 4.63. The molecule has 1 heterocycles. The highest BCUT2D eigenvalue weighted by Gasteiger charge is 2.34. The average Bonchev–Trinajstić information content (AvgIpc) is 2.20. The maximum absolute atomic E-state index is 12.2. The van der Waals surface area contributed by atoms with Gasteiger partial charge in [-0.3, -0.25) is 0 Å². The van der Waals surface area contributed by atoms with Gasteiger partial charge in [0, 0.05) is 31.6 Å². The Balaban J connectivity index is 2.78. The van der Waals surface area contributed by atoms with E-state index < -0.39 is 10.2 Å². The second-order valence-electron chi connectivity index (χ2n) is 4.76. The molecule has 0 amide bonds. The summed E-state index contributed by atoms with van der Waals surface area (Å²) >= 11 is 6.09. The molecule has 1 fully saturated rings. The molecule has 0 aromatic heterocycles. The van der Waals surface area contributed by atoms with Crippen molar-refractivity contribution < 1.29 is 8.42 Å². The SMILES string of the molecule is CC1CN(S(=O)(=O)N(C)C(C)C)CCC1Cl. The highest BCUT2D eigenvalue weighted by Crippen LogP contribution is 2.25. The molecule has 96 valence electrons. The van der Waals surface area contributed by atoms with Gasteiger partial charge in [0.25, 0.3) is 10.2 Å². The molecule has 2 atom stereocenters. The monoisotopic (exact) mass is 268 g/mol. The number of hydrogen-bond acceptors (Lipinski definition) is 2. The van der Waals surface area contributed by atoms with Gasteiger partial charge >= 0.3 is 0 Å². The van der Waals surface area contributed by atoms with Crippen LogP contribution in [0.25, 0.3) is 0 Å². The lowest BCUT2D eigenvalue weighted by atomic mass is 10.0. The maximum atomic E-state index is 12.2. The zero-order valence-electron chi connectivity index (χ0n) is 10.4. The first kappa shape index (κ1) is 14.2. The number of nitrogens with zero attached hydrogens (tertiary/aromatic N) is 2. The van der Waals surface area contributed by atoms with Crippen LogP contribution in [0.1, 0.15) is 27.2 Å². The molecule has 16 heavy (non-hydrogen) atoms. The van der Waals surface area contributed by atoms with E-state index in [2.05, 4.69) is 0 Å². The van der Waals surface area contributed by atoms with Crippen molar-refractivity contribution in [3.8, 4) is 0 Å². The van der Waals surface area contributed by atoms with Crippen LogP contribution in [0.4, 0.5) is 0 Å². The zero-order chi connectivity index (χ0) is 12.5. The third-order valence-corrected chi connectivity index (χ3v) is 5.96. The van der Waals surface area contributed by atoms with Crippen molar-refractivity contribution in [1.82, 2.24) is 8.61 Å². The van der Waals surface area contributed by atoms with E-state index >= 15 is 0 Å². The minimum Gasteiger partial charge on any atom is -0.195 e. The van der Waals surface area contributed by atoms with Gasteiger partial charge in [0.05, 0.1) is 0 Å². The maximum Gasteiger partial charge on any atom is 0.281 e. The largest absolute Gasteiger partial charge is 0.281 e. The van der Waals surface area contributed by atoms with Crippen molar-refractivity contribution >= 4 is 21.8 Å². The number of halogens is 1. The molecule has 2 unspecified atom stereocenters. The summed E-state index contributed by atoms with van der Waals surface area (Å²) < 4.78 is 27.3. The molecule has 0 bridgehead atoms.